The van der Waals surface area contributed by atoms with E-state index in [9.17, 15) is 9.59 Å². The summed E-state index contributed by atoms with van der Waals surface area (Å²) in [6.45, 7) is 2.38. The molecule has 1 atom stereocenters. The number of hydrogen-bond acceptors (Lipinski definition) is 5. The van der Waals surface area contributed by atoms with Gasteiger partial charge in [0.25, 0.3) is 11.8 Å². The van der Waals surface area contributed by atoms with Crippen LogP contribution in [0.15, 0.2) is 60.7 Å². The number of ether oxygens (including phenoxy) is 3. The Hall–Kier alpha value is -3.71. The Balaban J connectivity index is 1.58. The van der Waals surface area contributed by atoms with Gasteiger partial charge in [-0.1, -0.05) is 11.6 Å². The quantitative estimate of drug-likeness (QED) is 0.542. The van der Waals surface area contributed by atoms with Crippen LogP contribution in [0.4, 0.5) is 5.69 Å². The first kappa shape index (κ1) is 23.4. The lowest BCUT2D eigenvalue weighted by Crippen LogP contribution is -2.37. The van der Waals surface area contributed by atoms with E-state index in [-0.39, 0.29) is 11.8 Å². The van der Waals surface area contributed by atoms with Crippen molar-refractivity contribution in [3.8, 4) is 17.2 Å². The molecule has 0 aromatic heterocycles. The number of amides is 2. The van der Waals surface area contributed by atoms with E-state index in [1.54, 1.807) is 68.5 Å². The minimum atomic E-state index is -0.653. The van der Waals surface area contributed by atoms with E-state index >= 15 is 0 Å². The Kier molecular flexibility index (Phi) is 6.93. The molecule has 34 heavy (non-hydrogen) atoms. The monoisotopic (exact) mass is 480 g/mol. The number of benzene rings is 3. The molecule has 0 bridgehead atoms. The SMILES string of the molecule is COc1ccc(CN2Cc3cc(NC(=O)c4ccc(Cl)cc4)ccc3OC(C)C2=O)c(OC)c1. The summed E-state index contributed by atoms with van der Waals surface area (Å²) < 4.78 is 16.7. The fourth-order valence-corrected chi connectivity index (χ4v) is 3.93. The van der Waals surface area contributed by atoms with Gasteiger partial charge in [-0.05, 0) is 61.5 Å². The number of rotatable bonds is 6. The third-order valence-electron chi connectivity index (χ3n) is 5.60. The van der Waals surface area contributed by atoms with Crippen LogP contribution < -0.4 is 19.5 Å². The minimum Gasteiger partial charge on any atom is -0.497 e. The van der Waals surface area contributed by atoms with Crippen molar-refractivity contribution in [2.45, 2.75) is 26.1 Å². The van der Waals surface area contributed by atoms with Crippen molar-refractivity contribution >= 4 is 29.1 Å². The van der Waals surface area contributed by atoms with Crippen molar-refractivity contribution in [3.63, 3.8) is 0 Å². The van der Waals surface area contributed by atoms with Gasteiger partial charge < -0.3 is 24.4 Å². The highest BCUT2D eigenvalue weighted by Crippen LogP contribution is 2.32. The minimum absolute atomic E-state index is 0.138. The molecule has 0 radical (unpaired) electrons. The Bertz CT molecular complexity index is 1210. The summed E-state index contributed by atoms with van der Waals surface area (Å²) in [6.07, 6.45) is -0.653. The molecule has 0 saturated carbocycles. The van der Waals surface area contributed by atoms with E-state index < -0.39 is 6.10 Å². The van der Waals surface area contributed by atoms with E-state index in [1.165, 1.54) is 0 Å². The molecular formula is C26H25ClN2O5. The molecular weight excluding hydrogens is 456 g/mol. The summed E-state index contributed by atoms with van der Waals surface area (Å²) in [7, 11) is 3.17. The number of carbonyl (C=O) groups excluding carboxylic acids is 2. The molecule has 0 aliphatic carbocycles. The second-order valence-electron chi connectivity index (χ2n) is 7.92. The lowest BCUT2D eigenvalue weighted by atomic mass is 10.1. The van der Waals surface area contributed by atoms with Gasteiger partial charge in [0.05, 0.1) is 14.2 Å². The van der Waals surface area contributed by atoms with Crippen LogP contribution in [-0.4, -0.2) is 37.0 Å². The van der Waals surface area contributed by atoms with Crippen LogP contribution in [0.25, 0.3) is 0 Å². The largest absolute Gasteiger partial charge is 0.497 e. The number of carbonyl (C=O) groups is 2. The topological polar surface area (TPSA) is 77.1 Å². The van der Waals surface area contributed by atoms with Crippen molar-refractivity contribution in [2.75, 3.05) is 19.5 Å². The summed E-state index contributed by atoms with van der Waals surface area (Å²) in [4.78, 5) is 27.4. The van der Waals surface area contributed by atoms with E-state index in [1.807, 2.05) is 18.2 Å². The first-order valence-corrected chi connectivity index (χ1v) is 11.1. The maximum Gasteiger partial charge on any atom is 0.263 e. The number of halogens is 1. The lowest BCUT2D eigenvalue weighted by molar-refractivity contribution is -0.138. The average Bonchev–Trinajstić information content (AvgIpc) is 2.95. The van der Waals surface area contributed by atoms with Gasteiger partial charge in [-0.3, -0.25) is 9.59 Å². The van der Waals surface area contributed by atoms with E-state index in [0.29, 0.717) is 46.6 Å². The molecule has 7 nitrogen and oxygen atoms in total. The number of nitrogens with zero attached hydrogens (tertiary/aromatic N) is 1. The average molecular weight is 481 g/mol. The van der Waals surface area contributed by atoms with Crippen molar-refractivity contribution in [1.29, 1.82) is 0 Å². The van der Waals surface area contributed by atoms with Crippen molar-refractivity contribution in [2.24, 2.45) is 0 Å². The van der Waals surface area contributed by atoms with E-state index in [2.05, 4.69) is 5.32 Å². The second kappa shape index (κ2) is 10.1. The zero-order valence-corrected chi connectivity index (χ0v) is 19.9. The molecule has 1 aliphatic heterocycles. The third kappa shape index (κ3) is 5.10. The smallest absolute Gasteiger partial charge is 0.263 e. The lowest BCUT2D eigenvalue weighted by Gasteiger charge is -2.23. The molecule has 4 rings (SSSR count). The van der Waals surface area contributed by atoms with Gasteiger partial charge in [0, 0.05) is 46.6 Å². The number of methoxy groups -OCH3 is 2. The Morgan fingerprint density at radius 3 is 2.56 bits per heavy atom. The zero-order valence-electron chi connectivity index (χ0n) is 19.1. The number of nitrogens with one attached hydrogen (secondary N) is 1. The summed E-state index contributed by atoms with van der Waals surface area (Å²) >= 11 is 5.91. The summed E-state index contributed by atoms with van der Waals surface area (Å²) in [5, 5.41) is 3.45. The molecule has 1 aliphatic rings. The molecule has 0 spiro atoms. The van der Waals surface area contributed by atoms with Crippen LogP contribution in [-0.2, 0) is 17.9 Å². The fraction of sp³-hybridized carbons (Fsp3) is 0.231. The van der Waals surface area contributed by atoms with Crippen LogP contribution in [0.1, 0.15) is 28.4 Å². The second-order valence-corrected chi connectivity index (χ2v) is 8.35. The molecule has 3 aromatic rings. The van der Waals surface area contributed by atoms with Gasteiger partial charge >= 0.3 is 0 Å². The fourth-order valence-electron chi connectivity index (χ4n) is 3.80. The van der Waals surface area contributed by atoms with Gasteiger partial charge in [-0.2, -0.15) is 0 Å². The van der Waals surface area contributed by atoms with Gasteiger partial charge in [0.2, 0.25) is 0 Å². The van der Waals surface area contributed by atoms with Gasteiger partial charge in [-0.25, -0.2) is 0 Å². The Labute approximate surface area is 203 Å². The zero-order chi connectivity index (χ0) is 24.2. The van der Waals surface area contributed by atoms with Crippen molar-refractivity contribution < 1.29 is 23.8 Å². The van der Waals surface area contributed by atoms with Gasteiger partial charge in [-0.15, -0.1) is 0 Å². The van der Waals surface area contributed by atoms with Crippen molar-refractivity contribution in [1.82, 2.24) is 4.90 Å². The molecule has 8 heteroatoms. The highest BCUT2D eigenvalue weighted by Gasteiger charge is 2.29. The first-order chi connectivity index (χ1) is 16.4. The molecule has 0 saturated heterocycles. The van der Waals surface area contributed by atoms with Gasteiger partial charge in [0.1, 0.15) is 17.2 Å². The standard InChI is InChI=1S/C26H25ClN2O5/c1-16-26(31)29(14-18-6-10-22(32-2)13-24(18)33-3)15-19-12-21(9-11-23(19)34-16)28-25(30)17-4-7-20(27)8-5-17/h4-13,16H,14-15H2,1-3H3,(H,28,30). The normalized spacial score (nSPS) is 15.1. The van der Waals surface area contributed by atoms with Crippen LogP contribution in [0.5, 0.6) is 17.2 Å². The summed E-state index contributed by atoms with van der Waals surface area (Å²) in [6, 6.07) is 17.5. The highest BCUT2D eigenvalue weighted by atomic mass is 35.5. The van der Waals surface area contributed by atoms with Crippen LogP contribution in [0, 0.1) is 0 Å². The summed E-state index contributed by atoms with van der Waals surface area (Å²) in [5.74, 6) is 1.52. The Morgan fingerprint density at radius 2 is 1.85 bits per heavy atom. The molecule has 176 valence electrons. The maximum absolute atomic E-state index is 13.1. The highest BCUT2D eigenvalue weighted by molar-refractivity contribution is 6.30. The number of hydrogen-bond donors (Lipinski definition) is 1. The first-order valence-electron chi connectivity index (χ1n) is 10.7. The van der Waals surface area contributed by atoms with Gasteiger partial charge in [0.15, 0.2) is 6.10 Å². The predicted octanol–water partition coefficient (Wildman–Crippen LogP) is 4.92. The molecule has 3 aromatic carbocycles. The molecule has 1 unspecified atom stereocenters. The Morgan fingerprint density at radius 1 is 1.09 bits per heavy atom. The van der Waals surface area contributed by atoms with E-state index in [4.69, 9.17) is 25.8 Å². The number of anilines is 1. The maximum atomic E-state index is 13.1. The van der Waals surface area contributed by atoms with Crippen molar-refractivity contribution in [3.05, 3.63) is 82.4 Å². The third-order valence-corrected chi connectivity index (χ3v) is 5.86. The van der Waals surface area contributed by atoms with Crippen LogP contribution >= 0.6 is 11.6 Å². The van der Waals surface area contributed by atoms with Crippen LogP contribution in [0.2, 0.25) is 5.02 Å². The summed E-state index contributed by atoms with van der Waals surface area (Å²) in [5.41, 5.74) is 2.73. The predicted molar refractivity (Wildman–Crippen MR) is 130 cm³/mol. The van der Waals surface area contributed by atoms with Crippen LogP contribution in [0.3, 0.4) is 0 Å². The molecule has 1 N–H and O–H groups in total. The molecule has 2 amide bonds. The molecule has 1 heterocycles. The molecule has 0 fully saturated rings. The number of fused-ring (bicyclic) bond motifs is 1. The van der Waals surface area contributed by atoms with E-state index in [0.717, 1.165) is 11.1 Å².